The Morgan fingerprint density at radius 2 is 1.84 bits per heavy atom. The van der Waals surface area contributed by atoms with Crippen molar-refractivity contribution in [3.8, 4) is 0 Å². The molecule has 0 radical (unpaired) electrons. The van der Waals surface area contributed by atoms with Crippen LogP contribution >= 0.6 is 12.4 Å². The van der Waals surface area contributed by atoms with Crippen LogP contribution in [0.2, 0.25) is 0 Å². The molecule has 1 heterocycles. The highest BCUT2D eigenvalue weighted by Gasteiger charge is 2.14. The molecule has 1 fully saturated rings. The van der Waals surface area contributed by atoms with Gasteiger partial charge in [-0.15, -0.1) is 12.4 Å². The van der Waals surface area contributed by atoms with Gasteiger partial charge in [0.25, 0.3) is 0 Å². The highest BCUT2D eigenvalue weighted by Crippen LogP contribution is 2.17. The number of hydrogen-bond donors (Lipinski definition) is 1. The quantitative estimate of drug-likeness (QED) is 0.861. The molecular formula is C16H27ClN2. The molecule has 1 aromatic rings. The highest BCUT2D eigenvalue weighted by atomic mass is 35.5. The second-order valence-electron chi connectivity index (χ2n) is 5.34. The molecule has 0 saturated carbocycles. The van der Waals surface area contributed by atoms with E-state index in [0.29, 0.717) is 0 Å². The van der Waals surface area contributed by atoms with E-state index in [1.54, 1.807) is 0 Å². The lowest BCUT2D eigenvalue weighted by atomic mass is 9.94. The smallest absolute Gasteiger partial charge is 0.0233 e. The lowest BCUT2D eigenvalue weighted by molar-refractivity contribution is 0.238. The fourth-order valence-corrected chi connectivity index (χ4v) is 2.73. The Hall–Kier alpha value is -0.570. The molecule has 0 unspecified atom stereocenters. The number of benzene rings is 1. The fraction of sp³-hybridized carbons (Fsp3) is 0.625. The molecular weight excluding hydrogens is 256 g/mol. The van der Waals surface area contributed by atoms with Crippen LogP contribution in [0.4, 0.5) is 0 Å². The lowest BCUT2D eigenvalue weighted by Crippen LogP contribution is -2.31. The molecule has 108 valence electrons. The SMILES string of the molecule is CCN(CCC1CCNCC1)Cc1ccccc1.Cl. The Bertz CT molecular complexity index is 323. The maximum Gasteiger partial charge on any atom is 0.0233 e. The first-order valence-corrected chi connectivity index (χ1v) is 7.35. The highest BCUT2D eigenvalue weighted by molar-refractivity contribution is 5.85. The minimum atomic E-state index is 0. The van der Waals surface area contributed by atoms with Crippen LogP contribution in [0.5, 0.6) is 0 Å². The molecule has 2 nitrogen and oxygen atoms in total. The van der Waals surface area contributed by atoms with Crippen molar-refractivity contribution in [2.24, 2.45) is 5.92 Å². The number of rotatable bonds is 6. The minimum Gasteiger partial charge on any atom is -0.317 e. The first-order valence-electron chi connectivity index (χ1n) is 7.35. The molecule has 0 aromatic heterocycles. The standard InChI is InChI=1S/C16H26N2.ClH/c1-2-18(14-16-6-4-3-5-7-16)13-10-15-8-11-17-12-9-15;/h3-7,15,17H,2,8-14H2,1H3;1H. The summed E-state index contributed by atoms with van der Waals surface area (Å²) in [5, 5.41) is 3.44. The average Bonchev–Trinajstić information content (AvgIpc) is 2.45. The van der Waals surface area contributed by atoms with E-state index < -0.39 is 0 Å². The van der Waals surface area contributed by atoms with Gasteiger partial charge in [-0.05, 0) is 56.9 Å². The van der Waals surface area contributed by atoms with E-state index in [4.69, 9.17) is 0 Å². The zero-order valence-electron chi connectivity index (χ0n) is 12.0. The number of nitrogens with zero attached hydrogens (tertiary/aromatic N) is 1. The Morgan fingerprint density at radius 1 is 1.16 bits per heavy atom. The van der Waals surface area contributed by atoms with E-state index in [9.17, 15) is 0 Å². The lowest BCUT2D eigenvalue weighted by Gasteiger charge is -2.26. The Balaban J connectivity index is 0.00000180. The predicted octanol–water partition coefficient (Wildman–Crippen LogP) is 3.32. The topological polar surface area (TPSA) is 15.3 Å². The fourth-order valence-electron chi connectivity index (χ4n) is 2.73. The van der Waals surface area contributed by atoms with Crippen molar-refractivity contribution in [2.75, 3.05) is 26.2 Å². The molecule has 0 spiro atoms. The minimum absolute atomic E-state index is 0. The van der Waals surface area contributed by atoms with E-state index in [1.807, 2.05) is 0 Å². The van der Waals surface area contributed by atoms with Crippen molar-refractivity contribution in [1.82, 2.24) is 10.2 Å². The molecule has 19 heavy (non-hydrogen) atoms. The van der Waals surface area contributed by atoms with Crippen LogP contribution in [0.3, 0.4) is 0 Å². The van der Waals surface area contributed by atoms with E-state index in [1.165, 1.54) is 44.5 Å². The van der Waals surface area contributed by atoms with Gasteiger partial charge < -0.3 is 5.32 Å². The number of nitrogens with one attached hydrogen (secondary N) is 1. The van der Waals surface area contributed by atoms with Gasteiger partial charge in [-0.2, -0.15) is 0 Å². The van der Waals surface area contributed by atoms with Crippen molar-refractivity contribution < 1.29 is 0 Å². The summed E-state index contributed by atoms with van der Waals surface area (Å²) < 4.78 is 0. The van der Waals surface area contributed by atoms with Crippen molar-refractivity contribution in [3.05, 3.63) is 35.9 Å². The zero-order valence-corrected chi connectivity index (χ0v) is 12.8. The largest absolute Gasteiger partial charge is 0.317 e. The number of halogens is 1. The first kappa shape index (κ1) is 16.5. The van der Waals surface area contributed by atoms with Gasteiger partial charge >= 0.3 is 0 Å². The second kappa shape index (κ2) is 9.35. The molecule has 1 saturated heterocycles. The molecule has 0 aliphatic carbocycles. The van der Waals surface area contributed by atoms with Crippen LogP contribution in [-0.2, 0) is 6.54 Å². The third kappa shape index (κ3) is 5.94. The summed E-state index contributed by atoms with van der Waals surface area (Å²) >= 11 is 0. The molecule has 1 aromatic carbocycles. The molecule has 2 rings (SSSR count). The first-order chi connectivity index (χ1) is 8.88. The summed E-state index contributed by atoms with van der Waals surface area (Å²) in [6.07, 6.45) is 4.09. The van der Waals surface area contributed by atoms with Crippen molar-refractivity contribution in [2.45, 2.75) is 32.7 Å². The molecule has 1 aliphatic heterocycles. The van der Waals surface area contributed by atoms with Crippen molar-refractivity contribution >= 4 is 12.4 Å². The van der Waals surface area contributed by atoms with Gasteiger partial charge in [0.05, 0.1) is 0 Å². The third-order valence-electron chi connectivity index (χ3n) is 4.01. The van der Waals surface area contributed by atoms with Gasteiger partial charge in [0.2, 0.25) is 0 Å². The second-order valence-corrected chi connectivity index (χ2v) is 5.34. The van der Waals surface area contributed by atoms with E-state index in [0.717, 1.165) is 19.0 Å². The van der Waals surface area contributed by atoms with Gasteiger partial charge in [0.1, 0.15) is 0 Å². The molecule has 0 bridgehead atoms. The van der Waals surface area contributed by atoms with Gasteiger partial charge in [0.15, 0.2) is 0 Å². The molecule has 0 amide bonds. The summed E-state index contributed by atoms with van der Waals surface area (Å²) in [5.41, 5.74) is 1.43. The van der Waals surface area contributed by atoms with Gasteiger partial charge in [0, 0.05) is 6.54 Å². The Morgan fingerprint density at radius 3 is 2.47 bits per heavy atom. The van der Waals surface area contributed by atoms with E-state index in [-0.39, 0.29) is 12.4 Å². The maximum atomic E-state index is 3.44. The molecule has 0 atom stereocenters. The normalized spacial score (nSPS) is 16.3. The number of hydrogen-bond acceptors (Lipinski definition) is 2. The molecule has 3 heteroatoms. The summed E-state index contributed by atoms with van der Waals surface area (Å²) in [4.78, 5) is 2.57. The monoisotopic (exact) mass is 282 g/mol. The van der Waals surface area contributed by atoms with Crippen molar-refractivity contribution in [3.63, 3.8) is 0 Å². The van der Waals surface area contributed by atoms with Crippen LogP contribution in [0.25, 0.3) is 0 Å². The zero-order chi connectivity index (χ0) is 12.6. The number of piperidine rings is 1. The third-order valence-corrected chi connectivity index (χ3v) is 4.01. The summed E-state index contributed by atoms with van der Waals surface area (Å²) in [6, 6.07) is 10.8. The van der Waals surface area contributed by atoms with Crippen LogP contribution in [0.15, 0.2) is 30.3 Å². The van der Waals surface area contributed by atoms with Gasteiger partial charge in [-0.3, -0.25) is 4.90 Å². The van der Waals surface area contributed by atoms with Crippen LogP contribution < -0.4 is 5.32 Å². The molecule has 1 N–H and O–H groups in total. The Kier molecular flexibility index (Phi) is 8.11. The summed E-state index contributed by atoms with van der Waals surface area (Å²) in [6.45, 7) is 8.20. The van der Waals surface area contributed by atoms with Gasteiger partial charge in [-0.25, -0.2) is 0 Å². The van der Waals surface area contributed by atoms with E-state index in [2.05, 4.69) is 47.5 Å². The average molecular weight is 283 g/mol. The van der Waals surface area contributed by atoms with Crippen LogP contribution in [-0.4, -0.2) is 31.1 Å². The Labute approximate surface area is 124 Å². The molecule has 1 aliphatic rings. The maximum absolute atomic E-state index is 3.44. The predicted molar refractivity (Wildman–Crippen MR) is 84.9 cm³/mol. The van der Waals surface area contributed by atoms with Crippen molar-refractivity contribution in [1.29, 1.82) is 0 Å². The van der Waals surface area contributed by atoms with Crippen LogP contribution in [0.1, 0.15) is 31.7 Å². The summed E-state index contributed by atoms with van der Waals surface area (Å²) in [7, 11) is 0. The summed E-state index contributed by atoms with van der Waals surface area (Å²) in [5.74, 6) is 0.941. The van der Waals surface area contributed by atoms with Gasteiger partial charge in [-0.1, -0.05) is 37.3 Å². The van der Waals surface area contributed by atoms with E-state index >= 15 is 0 Å². The van der Waals surface area contributed by atoms with Crippen LogP contribution in [0, 0.1) is 5.92 Å².